The van der Waals surface area contributed by atoms with Gasteiger partial charge in [-0.1, -0.05) is 6.92 Å². The van der Waals surface area contributed by atoms with Crippen molar-refractivity contribution in [3.63, 3.8) is 0 Å². The molecule has 0 amide bonds. The van der Waals surface area contributed by atoms with Crippen molar-refractivity contribution < 1.29 is 0 Å². The fourth-order valence-corrected chi connectivity index (χ4v) is 3.43. The lowest BCUT2D eigenvalue weighted by Crippen LogP contribution is -2.25. The summed E-state index contributed by atoms with van der Waals surface area (Å²) in [6.07, 6.45) is 4.71. The molecule has 1 aliphatic heterocycles. The van der Waals surface area contributed by atoms with Gasteiger partial charge in [0.05, 0.1) is 0 Å². The summed E-state index contributed by atoms with van der Waals surface area (Å²) in [5.74, 6) is 3.52. The maximum atomic E-state index is 4.48. The van der Waals surface area contributed by atoms with Crippen molar-refractivity contribution in [2.75, 3.05) is 16.8 Å². The first-order valence-electron chi connectivity index (χ1n) is 5.55. The summed E-state index contributed by atoms with van der Waals surface area (Å²) < 4.78 is 4.33. The van der Waals surface area contributed by atoms with Crippen molar-refractivity contribution in [3.8, 4) is 0 Å². The van der Waals surface area contributed by atoms with Crippen LogP contribution in [0.4, 0.5) is 5.13 Å². The van der Waals surface area contributed by atoms with E-state index in [9.17, 15) is 0 Å². The normalized spacial score (nSPS) is 21.5. The van der Waals surface area contributed by atoms with Crippen LogP contribution in [0, 0.1) is 0 Å². The zero-order chi connectivity index (χ0) is 10.5. The number of nitrogens with zero attached hydrogens (tertiary/aromatic N) is 2. The van der Waals surface area contributed by atoms with Gasteiger partial charge in [0, 0.05) is 29.7 Å². The molecule has 2 rings (SSSR count). The Kier molecular flexibility index (Phi) is 4.26. The smallest absolute Gasteiger partial charge is 0.202 e. The minimum absolute atomic E-state index is 0.603. The summed E-state index contributed by atoms with van der Waals surface area (Å²) in [6, 6.07) is 0.603. The molecule has 15 heavy (non-hydrogen) atoms. The number of hydrogen-bond acceptors (Lipinski definition) is 5. The number of nitrogens with one attached hydrogen (secondary N) is 1. The van der Waals surface area contributed by atoms with Crippen molar-refractivity contribution in [1.29, 1.82) is 0 Å². The van der Waals surface area contributed by atoms with E-state index in [2.05, 4.69) is 21.6 Å². The van der Waals surface area contributed by atoms with E-state index < -0.39 is 0 Å². The second-order valence-electron chi connectivity index (χ2n) is 3.82. The molecule has 0 aliphatic carbocycles. The molecular formula is C10H17N3S2. The van der Waals surface area contributed by atoms with Crippen molar-refractivity contribution in [2.45, 2.75) is 38.6 Å². The van der Waals surface area contributed by atoms with E-state index >= 15 is 0 Å². The molecule has 0 radical (unpaired) electrons. The van der Waals surface area contributed by atoms with Crippen molar-refractivity contribution >= 4 is 28.4 Å². The SMILES string of the molecule is CCCc1nsc(NC2CCCSC2)n1. The molecule has 0 spiro atoms. The number of aryl methyl sites for hydroxylation is 1. The molecule has 1 N–H and O–H groups in total. The molecule has 3 nitrogen and oxygen atoms in total. The molecule has 1 aromatic rings. The summed E-state index contributed by atoms with van der Waals surface area (Å²) in [7, 11) is 0. The molecule has 0 saturated carbocycles. The van der Waals surface area contributed by atoms with Gasteiger partial charge >= 0.3 is 0 Å². The number of rotatable bonds is 4. The molecule has 0 aromatic carbocycles. The van der Waals surface area contributed by atoms with E-state index in [-0.39, 0.29) is 0 Å². The van der Waals surface area contributed by atoms with Crippen LogP contribution in [0.5, 0.6) is 0 Å². The average Bonchev–Trinajstić information content (AvgIpc) is 2.68. The van der Waals surface area contributed by atoms with E-state index in [1.807, 2.05) is 11.8 Å². The van der Waals surface area contributed by atoms with Crippen LogP contribution in [0.1, 0.15) is 32.0 Å². The molecule has 1 aromatic heterocycles. The minimum atomic E-state index is 0.603. The number of anilines is 1. The quantitative estimate of drug-likeness (QED) is 0.882. The lowest BCUT2D eigenvalue weighted by molar-refractivity contribution is 0.684. The Morgan fingerprint density at radius 2 is 2.47 bits per heavy atom. The highest BCUT2D eigenvalue weighted by Crippen LogP contribution is 2.21. The molecule has 1 saturated heterocycles. The summed E-state index contributed by atoms with van der Waals surface area (Å²) in [5.41, 5.74) is 0. The molecule has 2 heterocycles. The first-order valence-corrected chi connectivity index (χ1v) is 7.48. The van der Waals surface area contributed by atoms with Crippen LogP contribution in [0.25, 0.3) is 0 Å². The topological polar surface area (TPSA) is 37.8 Å². The molecule has 5 heteroatoms. The predicted molar refractivity (Wildman–Crippen MR) is 67.9 cm³/mol. The third-order valence-corrected chi connectivity index (χ3v) is 4.33. The summed E-state index contributed by atoms with van der Waals surface area (Å²) in [5, 5.41) is 4.49. The molecule has 84 valence electrons. The molecular weight excluding hydrogens is 226 g/mol. The Hall–Kier alpha value is -0.290. The summed E-state index contributed by atoms with van der Waals surface area (Å²) >= 11 is 3.53. The molecule has 0 bridgehead atoms. The highest BCUT2D eigenvalue weighted by atomic mass is 32.2. The zero-order valence-corrected chi connectivity index (χ0v) is 10.7. The van der Waals surface area contributed by atoms with Crippen LogP contribution in [0.2, 0.25) is 0 Å². The number of aromatic nitrogens is 2. The Labute approximate surface area is 99.2 Å². The van der Waals surface area contributed by atoms with Gasteiger partial charge in [-0.15, -0.1) is 0 Å². The van der Waals surface area contributed by atoms with Gasteiger partial charge in [0.25, 0.3) is 0 Å². The van der Waals surface area contributed by atoms with Crippen LogP contribution in [-0.4, -0.2) is 26.9 Å². The molecule has 1 fully saturated rings. The number of thioether (sulfide) groups is 1. The fraction of sp³-hybridized carbons (Fsp3) is 0.800. The third kappa shape index (κ3) is 3.34. The van der Waals surface area contributed by atoms with Gasteiger partial charge < -0.3 is 5.32 Å². The van der Waals surface area contributed by atoms with E-state index in [0.717, 1.165) is 23.8 Å². The van der Waals surface area contributed by atoms with Crippen LogP contribution in [-0.2, 0) is 6.42 Å². The Balaban J connectivity index is 1.86. The van der Waals surface area contributed by atoms with Gasteiger partial charge in [0.15, 0.2) is 0 Å². The largest absolute Gasteiger partial charge is 0.357 e. The molecule has 1 atom stereocenters. The maximum absolute atomic E-state index is 4.48. The highest BCUT2D eigenvalue weighted by Gasteiger charge is 2.15. The van der Waals surface area contributed by atoms with Crippen molar-refractivity contribution in [1.82, 2.24) is 9.36 Å². The van der Waals surface area contributed by atoms with Gasteiger partial charge in [-0.25, -0.2) is 4.98 Å². The molecule has 1 aliphatic rings. The first kappa shape index (κ1) is 11.2. The van der Waals surface area contributed by atoms with Crippen LogP contribution >= 0.6 is 23.3 Å². The standard InChI is InChI=1S/C10H17N3S2/c1-2-4-9-12-10(15-13-9)11-8-5-3-6-14-7-8/h8H,2-7H2,1H3,(H,11,12,13). The average molecular weight is 243 g/mol. The van der Waals surface area contributed by atoms with Crippen molar-refractivity contribution in [2.24, 2.45) is 0 Å². The Morgan fingerprint density at radius 1 is 1.53 bits per heavy atom. The highest BCUT2D eigenvalue weighted by molar-refractivity contribution is 7.99. The number of hydrogen-bond donors (Lipinski definition) is 1. The fourth-order valence-electron chi connectivity index (χ4n) is 1.67. The van der Waals surface area contributed by atoms with E-state index in [4.69, 9.17) is 0 Å². The molecule has 1 unspecified atom stereocenters. The van der Waals surface area contributed by atoms with Gasteiger partial charge in [0.2, 0.25) is 5.13 Å². The van der Waals surface area contributed by atoms with E-state index in [1.54, 1.807) is 0 Å². The Bertz CT molecular complexity index is 295. The van der Waals surface area contributed by atoms with Crippen LogP contribution in [0.3, 0.4) is 0 Å². The van der Waals surface area contributed by atoms with E-state index in [0.29, 0.717) is 6.04 Å². The first-order chi connectivity index (χ1) is 7.38. The summed E-state index contributed by atoms with van der Waals surface area (Å²) in [6.45, 7) is 2.16. The van der Waals surface area contributed by atoms with Gasteiger partial charge in [-0.05, 0) is 25.0 Å². The van der Waals surface area contributed by atoms with Crippen molar-refractivity contribution in [3.05, 3.63) is 5.82 Å². The van der Waals surface area contributed by atoms with Gasteiger partial charge in [-0.3, -0.25) is 0 Å². The monoisotopic (exact) mass is 243 g/mol. The zero-order valence-electron chi connectivity index (χ0n) is 9.03. The minimum Gasteiger partial charge on any atom is -0.357 e. The van der Waals surface area contributed by atoms with Crippen LogP contribution in [0.15, 0.2) is 0 Å². The second kappa shape index (κ2) is 5.70. The maximum Gasteiger partial charge on any atom is 0.202 e. The lowest BCUT2D eigenvalue weighted by Gasteiger charge is -2.21. The predicted octanol–water partition coefficient (Wildman–Crippen LogP) is 2.80. The lowest BCUT2D eigenvalue weighted by atomic mass is 10.2. The van der Waals surface area contributed by atoms with Gasteiger partial charge in [0.1, 0.15) is 5.82 Å². The summed E-state index contributed by atoms with van der Waals surface area (Å²) in [4.78, 5) is 4.48. The second-order valence-corrected chi connectivity index (χ2v) is 5.73. The van der Waals surface area contributed by atoms with Gasteiger partial charge in [-0.2, -0.15) is 16.1 Å². The van der Waals surface area contributed by atoms with Crippen LogP contribution < -0.4 is 5.32 Å². The van der Waals surface area contributed by atoms with E-state index in [1.165, 1.54) is 35.9 Å². The third-order valence-electron chi connectivity index (χ3n) is 2.43. The Morgan fingerprint density at radius 3 is 3.20 bits per heavy atom.